The van der Waals surface area contributed by atoms with Crippen molar-refractivity contribution in [1.82, 2.24) is 0 Å². The van der Waals surface area contributed by atoms with Crippen LogP contribution in [0.25, 0.3) is 0 Å². The minimum absolute atomic E-state index is 0.565. The lowest BCUT2D eigenvalue weighted by Crippen LogP contribution is -1.96. The molecular formula is C9H12O. The molecule has 0 aromatic heterocycles. The molecule has 2 rings (SSSR count). The van der Waals surface area contributed by atoms with Crippen molar-refractivity contribution in [2.75, 3.05) is 0 Å². The summed E-state index contributed by atoms with van der Waals surface area (Å²) in [6.45, 7) is 0. The highest BCUT2D eigenvalue weighted by atomic mass is 16.3. The number of hydrogen-bond donors (Lipinski definition) is 1. The zero-order chi connectivity index (χ0) is 6.97. The third-order valence-electron chi connectivity index (χ3n) is 2.43. The first kappa shape index (κ1) is 6.02. The minimum atomic E-state index is 0.565. The number of hydrogen-bond acceptors (Lipinski definition) is 1. The third kappa shape index (κ3) is 0.772. The fraction of sp³-hybridized carbons (Fsp3) is 0.556. The molecule has 10 heavy (non-hydrogen) atoms. The maximum atomic E-state index is 9.33. The topological polar surface area (TPSA) is 20.2 Å². The molecule has 0 amide bonds. The van der Waals surface area contributed by atoms with Gasteiger partial charge in [0.05, 0.1) is 0 Å². The van der Waals surface area contributed by atoms with E-state index >= 15 is 0 Å². The molecule has 0 aliphatic heterocycles. The number of aliphatic hydroxyl groups excluding tert-OH is 1. The van der Waals surface area contributed by atoms with E-state index in [0.717, 1.165) is 12.8 Å². The Bertz CT molecular complexity index is 211. The molecule has 1 heteroatoms. The van der Waals surface area contributed by atoms with E-state index in [1.54, 1.807) is 0 Å². The van der Waals surface area contributed by atoms with E-state index in [1.807, 2.05) is 6.08 Å². The molecule has 0 unspecified atom stereocenters. The summed E-state index contributed by atoms with van der Waals surface area (Å²) in [6.07, 6.45) is 7.86. The van der Waals surface area contributed by atoms with Crippen LogP contribution in [-0.2, 0) is 0 Å². The van der Waals surface area contributed by atoms with Crippen molar-refractivity contribution in [3.05, 3.63) is 23.0 Å². The van der Waals surface area contributed by atoms with E-state index < -0.39 is 0 Å². The van der Waals surface area contributed by atoms with Crippen LogP contribution in [0.15, 0.2) is 23.0 Å². The maximum Gasteiger partial charge on any atom is 0.115 e. The van der Waals surface area contributed by atoms with Crippen LogP contribution in [0.3, 0.4) is 0 Å². The first-order valence-electron chi connectivity index (χ1n) is 3.98. The summed E-state index contributed by atoms with van der Waals surface area (Å²) in [5, 5.41) is 9.33. The van der Waals surface area contributed by atoms with Gasteiger partial charge in [-0.2, -0.15) is 0 Å². The zero-order valence-corrected chi connectivity index (χ0v) is 6.06. The summed E-state index contributed by atoms with van der Waals surface area (Å²) in [5.74, 6) is 0.565. The summed E-state index contributed by atoms with van der Waals surface area (Å²) in [6, 6.07) is 0. The molecule has 0 aromatic carbocycles. The van der Waals surface area contributed by atoms with Crippen molar-refractivity contribution in [3.63, 3.8) is 0 Å². The first-order valence-corrected chi connectivity index (χ1v) is 3.98. The van der Waals surface area contributed by atoms with Gasteiger partial charge < -0.3 is 5.11 Å². The fourth-order valence-corrected chi connectivity index (χ4v) is 1.85. The normalized spacial score (nSPS) is 24.6. The van der Waals surface area contributed by atoms with Gasteiger partial charge in [-0.15, -0.1) is 0 Å². The van der Waals surface area contributed by atoms with E-state index in [9.17, 15) is 5.11 Å². The molecule has 2 aliphatic rings. The maximum absolute atomic E-state index is 9.33. The molecule has 0 saturated carbocycles. The van der Waals surface area contributed by atoms with E-state index in [1.165, 1.54) is 30.4 Å². The molecule has 0 radical (unpaired) electrons. The fourth-order valence-electron chi connectivity index (χ4n) is 1.85. The van der Waals surface area contributed by atoms with E-state index in [4.69, 9.17) is 0 Å². The molecule has 0 bridgehead atoms. The highest BCUT2D eigenvalue weighted by Gasteiger charge is 2.19. The van der Waals surface area contributed by atoms with Crippen LogP contribution >= 0.6 is 0 Å². The van der Waals surface area contributed by atoms with Crippen LogP contribution in [0.2, 0.25) is 0 Å². The van der Waals surface area contributed by atoms with E-state index in [0.29, 0.717) is 5.76 Å². The second kappa shape index (κ2) is 2.15. The van der Waals surface area contributed by atoms with Gasteiger partial charge in [-0.05, 0) is 43.8 Å². The SMILES string of the molecule is OC1=CCC2=C1CCCC2. The Labute approximate surface area is 61.1 Å². The molecule has 0 atom stereocenters. The summed E-state index contributed by atoms with van der Waals surface area (Å²) in [7, 11) is 0. The molecule has 2 aliphatic carbocycles. The number of aliphatic hydroxyl groups is 1. The second-order valence-electron chi connectivity index (χ2n) is 3.08. The highest BCUT2D eigenvalue weighted by molar-refractivity contribution is 5.39. The van der Waals surface area contributed by atoms with Gasteiger partial charge in [0.15, 0.2) is 0 Å². The van der Waals surface area contributed by atoms with Crippen LogP contribution in [0.1, 0.15) is 32.1 Å². The lowest BCUT2D eigenvalue weighted by atomic mass is 9.93. The predicted molar refractivity (Wildman–Crippen MR) is 40.8 cm³/mol. The molecule has 0 aromatic rings. The van der Waals surface area contributed by atoms with Crippen LogP contribution in [0.5, 0.6) is 0 Å². The van der Waals surface area contributed by atoms with Gasteiger partial charge in [-0.25, -0.2) is 0 Å². The summed E-state index contributed by atoms with van der Waals surface area (Å²) in [5.41, 5.74) is 2.75. The Kier molecular flexibility index (Phi) is 1.30. The summed E-state index contributed by atoms with van der Waals surface area (Å²) < 4.78 is 0. The van der Waals surface area contributed by atoms with Crippen molar-refractivity contribution in [2.24, 2.45) is 0 Å². The third-order valence-corrected chi connectivity index (χ3v) is 2.43. The van der Waals surface area contributed by atoms with Gasteiger partial charge in [0.25, 0.3) is 0 Å². The average Bonchev–Trinajstić information content (AvgIpc) is 2.34. The molecule has 0 saturated heterocycles. The van der Waals surface area contributed by atoms with E-state index in [-0.39, 0.29) is 0 Å². The Morgan fingerprint density at radius 3 is 2.80 bits per heavy atom. The average molecular weight is 136 g/mol. The molecule has 1 N–H and O–H groups in total. The van der Waals surface area contributed by atoms with Crippen molar-refractivity contribution < 1.29 is 5.11 Å². The largest absolute Gasteiger partial charge is 0.508 e. The van der Waals surface area contributed by atoms with Gasteiger partial charge in [0, 0.05) is 0 Å². The number of allylic oxidation sites excluding steroid dienone is 3. The molecule has 54 valence electrons. The molecule has 1 nitrogen and oxygen atoms in total. The lowest BCUT2D eigenvalue weighted by Gasteiger charge is -2.13. The van der Waals surface area contributed by atoms with Crippen molar-refractivity contribution in [2.45, 2.75) is 32.1 Å². The summed E-state index contributed by atoms with van der Waals surface area (Å²) >= 11 is 0. The standard InChI is InChI=1S/C9H12O/c10-9-6-5-7-3-1-2-4-8(7)9/h6,10H,1-5H2. The lowest BCUT2D eigenvalue weighted by molar-refractivity contribution is 0.416. The number of rotatable bonds is 0. The monoisotopic (exact) mass is 136 g/mol. The first-order chi connectivity index (χ1) is 4.88. The van der Waals surface area contributed by atoms with Crippen molar-refractivity contribution >= 4 is 0 Å². The van der Waals surface area contributed by atoms with Crippen LogP contribution in [0, 0.1) is 0 Å². The van der Waals surface area contributed by atoms with Gasteiger partial charge in [-0.3, -0.25) is 0 Å². The molecular weight excluding hydrogens is 124 g/mol. The quantitative estimate of drug-likeness (QED) is 0.542. The second-order valence-corrected chi connectivity index (χ2v) is 3.08. The minimum Gasteiger partial charge on any atom is -0.508 e. The van der Waals surface area contributed by atoms with Gasteiger partial charge in [-0.1, -0.05) is 5.57 Å². The smallest absolute Gasteiger partial charge is 0.115 e. The van der Waals surface area contributed by atoms with Crippen LogP contribution in [0.4, 0.5) is 0 Å². The Hall–Kier alpha value is -0.720. The van der Waals surface area contributed by atoms with Crippen LogP contribution in [-0.4, -0.2) is 5.11 Å². The Morgan fingerprint density at radius 1 is 1.20 bits per heavy atom. The van der Waals surface area contributed by atoms with Crippen molar-refractivity contribution in [1.29, 1.82) is 0 Å². The highest BCUT2D eigenvalue weighted by Crippen LogP contribution is 2.35. The Morgan fingerprint density at radius 2 is 2.00 bits per heavy atom. The van der Waals surface area contributed by atoms with Crippen LogP contribution < -0.4 is 0 Å². The molecule has 0 heterocycles. The van der Waals surface area contributed by atoms with Gasteiger partial charge in [0.1, 0.15) is 5.76 Å². The van der Waals surface area contributed by atoms with E-state index in [2.05, 4.69) is 0 Å². The predicted octanol–water partition coefficient (Wildman–Crippen LogP) is 2.70. The van der Waals surface area contributed by atoms with Gasteiger partial charge in [0.2, 0.25) is 0 Å². The molecule has 0 fully saturated rings. The molecule has 0 spiro atoms. The van der Waals surface area contributed by atoms with Gasteiger partial charge >= 0.3 is 0 Å². The van der Waals surface area contributed by atoms with Crippen molar-refractivity contribution in [3.8, 4) is 0 Å². The Balaban J connectivity index is 2.28. The zero-order valence-electron chi connectivity index (χ0n) is 6.06. The summed E-state index contributed by atoms with van der Waals surface area (Å²) in [4.78, 5) is 0.